The summed E-state index contributed by atoms with van der Waals surface area (Å²) in [6.07, 6.45) is 4.39. The number of methoxy groups -OCH3 is 1. The average Bonchev–Trinajstić information content (AvgIpc) is 3.10. The molecule has 0 aromatic carbocycles. The van der Waals surface area contributed by atoms with Gasteiger partial charge in [0.25, 0.3) is 0 Å². The Balaban J connectivity index is 1.87. The van der Waals surface area contributed by atoms with Gasteiger partial charge in [0.1, 0.15) is 0 Å². The third-order valence-corrected chi connectivity index (χ3v) is 5.03. The molecular weight excluding hydrogens is 284 g/mol. The summed E-state index contributed by atoms with van der Waals surface area (Å²) in [5.74, 6) is 0.893. The fourth-order valence-electron chi connectivity index (χ4n) is 3.30. The second-order valence-electron chi connectivity index (χ2n) is 5.61. The number of ether oxygens (including phenoxy) is 1. The van der Waals surface area contributed by atoms with Crippen molar-refractivity contribution >= 4 is 11.3 Å². The van der Waals surface area contributed by atoms with Crippen molar-refractivity contribution in [1.82, 2.24) is 19.7 Å². The summed E-state index contributed by atoms with van der Waals surface area (Å²) in [4.78, 5) is 8.22. The molecule has 2 aromatic rings. The zero-order valence-electron chi connectivity index (χ0n) is 13.1. The van der Waals surface area contributed by atoms with Crippen LogP contribution in [0.25, 0.3) is 0 Å². The van der Waals surface area contributed by atoms with Crippen LogP contribution in [-0.2, 0) is 13.6 Å². The Morgan fingerprint density at radius 3 is 2.90 bits per heavy atom. The van der Waals surface area contributed by atoms with Gasteiger partial charge in [-0.1, -0.05) is 0 Å². The molecule has 0 unspecified atom stereocenters. The standard InChI is InChI=1S/C15H22N4OS/c1-10-14(15(20-4)18(3)17-10)13-6-5-7-19(13)9-12-8-16-11(2)21-12/h8,13H,5-7,9H2,1-4H3/t13-/m0/s1. The third-order valence-electron chi connectivity index (χ3n) is 4.13. The maximum Gasteiger partial charge on any atom is 0.216 e. The molecule has 0 radical (unpaired) electrons. The van der Waals surface area contributed by atoms with Crippen molar-refractivity contribution in [2.24, 2.45) is 7.05 Å². The molecule has 1 saturated heterocycles. The smallest absolute Gasteiger partial charge is 0.216 e. The predicted octanol–water partition coefficient (Wildman–Crippen LogP) is 2.84. The summed E-state index contributed by atoms with van der Waals surface area (Å²) in [7, 11) is 3.67. The summed E-state index contributed by atoms with van der Waals surface area (Å²) in [6, 6.07) is 0.399. The van der Waals surface area contributed by atoms with E-state index in [0.717, 1.165) is 29.7 Å². The van der Waals surface area contributed by atoms with Gasteiger partial charge in [-0.2, -0.15) is 5.10 Å². The molecule has 114 valence electrons. The first kappa shape index (κ1) is 14.5. The van der Waals surface area contributed by atoms with Crippen molar-refractivity contribution in [2.75, 3.05) is 13.7 Å². The highest BCUT2D eigenvalue weighted by Gasteiger charge is 2.32. The molecule has 1 aliphatic heterocycles. The molecule has 6 heteroatoms. The van der Waals surface area contributed by atoms with Gasteiger partial charge in [0.2, 0.25) is 5.88 Å². The van der Waals surface area contributed by atoms with Crippen molar-refractivity contribution in [3.05, 3.63) is 27.3 Å². The lowest BCUT2D eigenvalue weighted by molar-refractivity contribution is 0.243. The van der Waals surface area contributed by atoms with Crippen LogP contribution in [0.2, 0.25) is 0 Å². The van der Waals surface area contributed by atoms with Crippen molar-refractivity contribution in [2.45, 2.75) is 39.3 Å². The Bertz CT molecular complexity index is 634. The minimum Gasteiger partial charge on any atom is -0.481 e. The number of hydrogen-bond donors (Lipinski definition) is 0. The number of thiazole rings is 1. The largest absolute Gasteiger partial charge is 0.481 e. The molecule has 0 saturated carbocycles. The van der Waals surface area contributed by atoms with E-state index in [1.54, 1.807) is 18.4 Å². The van der Waals surface area contributed by atoms with E-state index in [2.05, 4.69) is 28.8 Å². The van der Waals surface area contributed by atoms with Crippen LogP contribution >= 0.6 is 11.3 Å². The van der Waals surface area contributed by atoms with Gasteiger partial charge in [-0.05, 0) is 33.2 Å². The van der Waals surface area contributed by atoms with Crippen LogP contribution in [-0.4, -0.2) is 33.3 Å². The van der Waals surface area contributed by atoms with Crippen LogP contribution in [0.1, 0.15) is 40.0 Å². The molecule has 0 spiro atoms. The second-order valence-corrected chi connectivity index (χ2v) is 6.93. The Morgan fingerprint density at radius 2 is 2.24 bits per heavy atom. The van der Waals surface area contributed by atoms with Gasteiger partial charge in [-0.3, -0.25) is 4.90 Å². The molecule has 1 aliphatic rings. The molecule has 1 fully saturated rings. The molecular formula is C15H22N4OS. The fourth-order valence-corrected chi connectivity index (χ4v) is 4.12. The molecule has 21 heavy (non-hydrogen) atoms. The van der Waals surface area contributed by atoms with Crippen molar-refractivity contribution in [1.29, 1.82) is 0 Å². The number of hydrogen-bond acceptors (Lipinski definition) is 5. The van der Waals surface area contributed by atoms with Crippen molar-refractivity contribution < 1.29 is 4.74 Å². The Morgan fingerprint density at radius 1 is 1.43 bits per heavy atom. The van der Waals surface area contributed by atoms with Gasteiger partial charge in [0.05, 0.1) is 23.4 Å². The SMILES string of the molecule is COc1c([C@@H]2CCCN2Cc2cnc(C)s2)c(C)nn1C. The predicted molar refractivity (Wildman–Crippen MR) is 83.7 cm³/mol. The molecule has 0 bridgehead atoms. The van der Waals surface area contributed by atoms with Crippen molar-refractivity contribution in [3.63, 3.8) is 0 Å². The number of likely N-dealkylation sites (tertiary alicyclic amines) is 1. The summed E-state index contributed by atoms with van der Waals surface area (Å²) in [6.45, 7) is 6.22. The van der Waals surface area contributed by atoms with Crippen LogP contribution in [0.5, 0.6) is 5.88 Å². The molecule has 0 N–H and O–H groups in total. The highest BCUT2D eigenvalue weighted by atomic mass is 32.1. The summed E-state index contributed by atoms with van der Waals surface area (Å²) >= 11 is 1.79. The maximum absolute atomic E-state index is 5.58. The lowest BCUT2D eigenvalue weighted by Gasteiger charge is -2.24. The molecule has 1 atom stereocenters. The van der Waals surface area contributed by atoms with Crippen LogP contribution in [0.4, 0.5) is 0 Å². The summed E-state index contributed by atoms with van der Waals surface area (Å²) in [5, 5.41) is 5.66. The molecule has 3 rings (SSSR count). The van der Waals surface area contributed by atoms with Crippen LogP contribution < -0.4 is 4.74 Å². The molecule has 2 aromatic heterocycles. The van der Waals surface area contributed by atoms with E-state index in [0.29, 0.717) is 6.04 Å². The first-order chi connectivity index (χ1) is 10.1. The van der Waals surface area contributed by atoms with E-state index < -0.39 is 0 Å². The molecule has 3 heterocycles. The first-order valence-electron chi connectivity index (χ1n) is 7.33. The summed E-state index contributed by atoms with van der Waals surface area (Å²) < 4.78 is 7.42. The summed E-state index contributed by atoms with van der Waals surface area (Å²) in [5.41, 5.74) is 2.32. The van der Waals surface area contributed by atoms with E-state index in [1.165, 1.54) is 23.3 Å². The third kappa shape index (κ3) is 2.70. The maximum atomic E-state index is 5.58. The van der Waals surface area contributed by atoms with E-state index in [1.807, 2.05) is 17.9 Å². The normalized spacial score (nSPS) is 19.3. The Labute approximate surface area is 129 Å². The number of aryl methyl sites for hydroxylation is 3. The number of nitrogens with zero attached hydrogens (tertiary/aromatic N) is 4. The average molecular weight is 306 g/mol. The fraction of sp³-hybridized carbons (Fsp3) is 0.600. The highest BCUT2D eigenvalue weighted by Crippen LogP contribution is 2.39. The lowest BCUT2D eigenvalue weighted by atomic mass is 10.1. The number of aromatic nitrogens is 3. The topological polar surface area (TPSA) is 43.2 Å². The molecule has 0 aliphatic carbocycles. The van der Waals surface area contributed by atoms with Gasteiger partial charge in [-0.15, -0.1) is 11.3 Å². The first-order valence-corrected chi connectivity index (χ1v) is 8.14. The van der Waals surface area contributed by atoms with Gasteiger partial charge in [0, 0.05) is 30.7 Å². The quantitative estimate of drug-likeness (QED) is 0.871. The molecule has 0 amide bonds. The Hall–Kier alpha value is -1.40. The minimum atomic E-state index is 0.399. The monoisotopic (exact) mass is 306 g/mol. The molecule has 5 nitrogen and oxygen atoms in total. The zero-order chi connectivity index (χ0) is 15.0. The zero-order valence-corrected chi connectivity index (χ0v) is 13.9. The van der Waals surface area contributed by atoms with E-state index >= 15 is 0 Å². The number of rotatable bonds is 4. The second kappa shape index (κ2) is 5.77. The van der Waals surface area contributed by atoms with Gasteiger partial charge >= 0.3 is 0 Å². The van der Waals surface area contributed by atoms with Crippen molar-refractivity contribution in [3.8, 4) is 5.88 Å². The Kier molecular flexibility index (Phi) is 3.99. The minimum absolute atomic E-state index is 0.399. The van der Waals surface area contributed by atoms with Crippen LogP contribution in [0, 0.1) is 13.8 Å². The van der Waals surface area contributed by atoms with Gasteiger partial charge in [0.15, 0.2) is 0 Å². The highest BCUT2D eigenvalue weighted by molar-refractivity contribution is 7.11. The van der Waals surface area contributed by atoms with E-state index in [9.17, 15) is 0 Å². The van der Waals surface area contributed by atoms with Gasteiger partial charge in [-0.25, -0.2) is 9.67 Å². The van der Waals surface area contributed by atoms with Crippen LogP contribution in [0.15, 0.2) is 6.20 Å². The van der Waals surface area contributed by atoms with Gasteiger partial charge < -0.3 is 4.74 Å². The van der Waals surface area contributed by atoms with E-state index in [4.69, 9.17) is 4.74 Å². The van der Waals surface area contributed by atoms with E-state index in [-0.39, 0.29) is 0 Å². The lowest BCUT2D eigenvalue weighted by Crippen LogP contribution is -2.23. The van der Waals surface area contributed by atoms with Crippen LogP contribution in [0.3, 0.4) is 0 Å².